The molecular formula is C10H12NO3-. The van der Waals surface area contributed by atoms with Gasteiger partial charge in [0.2, 0.25) is 0 Å². The number of hydrogen-bond acceptors (Lipinski definition) is 4. The summed E-state index contributed by atoms with van der Waals surface area (Å²) >= 11 is 0. The van der Waals surface area contributed by atoms with Crippen LogP contribution in [-0.4, -0.2) is 17.3 Å². The number of rotatable bonds is 4. The lowest BCUT2D eigenvalue weighted by atomic mass is 10.2. The molecule has 0 saturated carbocycles. The summed E-state index contributed by atoms with van der Waals surface area (Å²) in [6.07, 6.45) is -0.239. The normalized spacial score (nSPS) is 12.1. The van der Waals surface area contributed by atoms with E-state index in [0.29, 0.717) is 12.1 Å². The highest BCUT2D eigenvalue weighted by atomic mass is 16.4. The molecular weight excluding hydrogens is 182 g/mol. The molecule has 1 aromatic rings. The molecule has 4 heteroatoms. The van der Waals surface area contributed by atoms with Crippen LogP contribution in [0.25, 0.3) is 0 Å². The molecule has 0 amide bonds. The highest BCUT2D eigenvalue weighted by Crippen LogP contribution is 2.15. The fourth-order valence-corrected chi connectivity index (χ4v) is 1.07. The summed E-state index contributed by atoms with van der Waals surface area (Å²) in [4.78, 5) is 10.7. The monoisotopic (exact) mass is 194 g/mol. The van der Waals surface area contributed by atoms with Crippen LogP contribution in [0.3, 0.4) is 0 Å². The second kappa shape index (κ2) is 4.62. The maximum absolute atomic E-state index is 10.7. The quantitative estimate of drug-likeness (QED) is 0.671. The van der Waals surface area contributed by atoms with Crippen molar-refractivity contribution in [2.75, 3.05) is 5.32 Å². The number of carbonyl (C=O) groups is 1. The number of benzene rings is 1. The fraction of sp³-hybridized carbons (Fsp3) is 0.300. The molecule has 1 unspecified atom stereocenters. The number of para-hydroxylation sites is 1. The highest BCUT2D eigenvalue weighted by Gasteiger charge is 2.05. The zero-order chi connectivity index (χ0) is 10.6. The molecule has 76 valence electrons. The van der Waals surface area contributed by atoms with E-state index in [1.54, 1.807) is 25.1 Å². The second-order valence-corrected chi connectivity index (χ2v) is 2.90. The Morgan fingerprint density at radius 1 is 1.57 bits per heavy atom. The van der Waals surface area contributed by atoms with Crippen LogP contribution in [0.1, 0.15) is 23.7 Å². The molecule has 0 heterocycles. The molecule has 4 nitrogen and oxygen atoms in total. The van der Waals surface area contributed by atoms with Crippen molar-refractivity contribution in [2.45, 2.75) is 19.6 Å². The molecule has 14 heavy (non-hydrogen) atoms. The predicted molar refractivity (Wildman–Crippen MR) is 50.7 cm³/mol. The van der Waals surface area contributed by atoms with Gasteiger partial charge in [0.1, 0.15) is 6.23 Å². The summed E-state index contributed by atoms with van der Waals surface area (Å²) in [5.41, 5.74) is 0.432. The second-order valence-electron chi connectivity index (χ2n) is 2.90. The topological polar surface area (TPSA) is 72.4 Å². The number of hydrogen-bond donors (Lipinski definition) is 2. The number of carbonyl (C=O) groups excluding carboxylic acids is 1. The summed E-state index contributed by atoms with van der Waals surface area (Å²) in [5, 5.41) is 22.6. The van der Waals surface area contributed by atoms with E-state index < -0.39 is 12.2 Å². The van der Waals surface area contributed by atoms with Crippen LogP contribution in [-0.2, 0) is 0 Å². The maximum atomic E-state index is 10.7. The molecule has 0 spiro atoms. The Hall–Kier alpha value is -1.55. The minimum atomic E-state index is -1.25. The Bertz CT molecular complexity index is 325. The number of carboxylic acids is 1. The van der Waals surface area contributed by atoms with E-state index >= 15 is 0 Å². The molecule has 1 atom stereocenters. The minimum Gasteiger partial charge on any atom is -0.545 e. The van der Waals surface area contributed by atoms with Gasteiger partial charge in [0, 0.05) is 11.3 Å². The van der Waals surface area contributed by atoms with Crippen LogP contribution >= 0.6 is 0 Å². The molecule has 1 aromatic carbocycles. The molecule has 2 N–H and O–H groups in total. The van der Waals surface area contributed by atoms with E-state index in [4.69, 9.17) is 0 Å². The number of anilines is 1. The zero-order valence-electron chi connectivity index (χ0n) is 7.86. The van der Waals surface area contributed by atoms with Gasteiger partial charge in [-0.25, -0.2) is 0 Å². The number of carboxylic acid groups (broad SMARTS) is 1. The average molecular weight is 194 g/mol. The third-order valence-corrected chi connectivity index (χ3v) is 1.86. The van der Waals surface area contributed by atoms with E-state index in [-0.39, 0.29) is 5.56 Å². The van der Waals surface area contributed by atoms with Gasteiger partial charge in [-0.05, 0) is 12.5 Å². The summed E-state index contributed by atoms with van der Waals surface area (Å²) in [7, 11) is 0. The van der Waals surface area contributed by atoms with Crippen molar-refractivity contribution in [3.05, 3.63) is 29.8 Å². The van der Waals surface area contributed by atoms with Gasteiger partial charge >= 0.3 is 0 Å². The van der Waals surface area contributed by atoms with Gasteiger partial charge in [0.25, 0.3) is 0 Å². The van der Waals surface area contributed by atoms with Crippen LogP contribution < -0.4 is 10.4 Å². The van der Waals surface area contributed by atoms with E-state index in [1.807, 2.05) is 0 Å². The van der Waals surface area contributed by atoms with Crippen LogP contribution in [0.4, 0.5) is 5.69 Å². The summed E-state index contributed by atoms with van der Waals surface area (Å²) in [6.45, 7) is 1.79. The lowest BCUT2D eigenvalue weighted by molar-refractivity contribution is -0.254. The van der Waals surface area contributed by atoms with Gasteiger partial charge in [-0.3, -0.25) is 0 Å². The van der Waals surface area contributed by atoms with Crippen molar-refractivity contribution < 1.29 is 15.0 Å². The van der Waals surface area contributed by atoms with E-state index in [9.17, 15) is 15.0 Å². The molecule has 0 bridgehead atoms. The van der Waals surface area contributed by atoms with Crippen LogP contribution in [0.2, 0.25) is 0 Å². The van der Waals surface area contributed by atoms with Crippen molar-refractivity contribution in [2.24, 2.45) is 0 Å². The summed E-state index contributed by atoms with van der Waals surface area (Å²) in [5.74, 6) is -1.25. The summed E-state index contributed by atoms with van der Waals surface area (Å²) < 4.78 is 0. The van der Waals surface area contributed by atoms with Crippen LogP contribution in [0.5, 0.6) is 0 Å². The molecule has 0 saturated heterocycles. The van der Waals surface area contributed by atoms with E-state index in [2.05, 4.69) is 5.32 Å². The molecule has 0 aliphatic carbocycles. The maximum Gasteiger partial charge on any atom is 0.124 e. The van der Waals surface area contributed by atoms with Gasteiger partial charge in [-0.2, -0.15) is 0 Å². The van der Waals surface area contributed by atoms with Crippen LogP contribution in [0, 0.1) is 0 Å². The van der Waals surface area contributed by atoms with Gasteiger partial charge in [0.15, 0.2) is 0 Å². The SMILES string of the molecule is CCC(O)Nc1ccccc1C(=O)[O-]. The van der Waals surface area contributed by atoms with Crippen LogP contribution in [0.15, 0.2) is 24.3 Å². The minimum absolute atomic E-state index is 0.0556. The third-order valence-electron chi connectivity index (χ3n) is 1.86. The Morgan fingerprint density at radius 3 is 2.79 bits per heavy atom. The Labute approximate surface area is 82.2 Å². The number of aromatic carboxylic acids is 1. The number of aliphatic hydroxyl groups excluding tert-OH is 1. The number of aliphatic hydroxyl groups is 1. The first-order valence-electron chi connectivity index (χ1n) is 4.40. The average Bonchev–Trinajstić information content (AvgIpc) is 2.18. The van der Waals surface area contributed by atoms with Crippen molar-refractivity contribution in [3.8, 4) is 0 Å². The van der Waals surface area contributed by atoms with E-state index in [1.165, 1.54) is 6.07 Å². The van der Waals surface area contributed by atoms with Crippen molar-refractivity contribution in [3.63, 3.8) is 0 Å². The molecule has 0 aromatic heterocycles. The molecule has 0 aliphatic rings. The number of nitrogens with one attached hydrogen (secondary N) is 1. The zero-order valence-corrected chi connectivity index (χ0v) is 7.86. The summed E-state index contributed by atoms with van der Waals surface area (Å²) in [6, 6.07) is 6.32. The molecule has 0 fully saturated rings. The Kier molecular flexibility index (Phi) is 3.48. The van der Waals surface area contributed by atoms with Gasteiger partial charge in [-0.1, -0.05) is 25.1 Å². The van der Waals surface area contributed by atoms with E-state index in [0.717, 1.165) is 0 Å². The van der Waals surface area contributed by atoms with Gasteiger partial charge in [-0.15, -0.1) is 0 Å². The largest absolute Gasteiger partial charge is 0.545 e. The standard InChI is InChI=1S/C10H13NO3/c1-2-9(12)11-8-6-4-3-5-7(8)10(13)14/h3-6,9,11-12H,2H2,1H3,(H,13,14)/p-1. The first kappa shape index (κ1) is 10.5. The van der Waals surface area contributed by atoms with Crippen molar-refractivity contribution in [1.29, 1.82) is 0 Å². The van der Waals surface area contributed by atoms with Gasteiger partial charge in [0.05, 0.1) is 5.97 Å². The molecule has 1 rings (SSSR count). The Morgan fingerprint density at radius 2 is 2.21 bits per heavy atom. The van der Waals surface area contributed by atoms with Crippen molar-refractivity contribution in [1.82, 2.24) is 0 Å². The van der Waals surface area contributed by atoms with Gasteiger partial charge < -0.3 is 20.3 Å². The third kappa shape index (κ3) is 2.47. The Balaban J connectivity index is 2.90. The van der Waals surface area contributed by atoms with Crippen molar-refractivity contribution >= 4 is 11.7 Å². The predicted octanol–water partition coefficient (Wildman–Crippen LogP) is 0.190. The smallest absolute Gasteiger partial charge is 0.124 e. The molecule has 0 radical (unpaired) electrons. The lowest BCUT2D eigenvalue weighted by Crippen LogP contribution is -2.25. The fourth-order valence-electron chi connectivity index (χ4n) is 1.07. The first-order valence-corrected chi connectivity index (χ1v) is 4.40. The first-order chi connectivity index (χ1) is 6.65. The molecule has 0 aliphatic heterocycles. The lowest BCUT2D eigenvalue weighted by Gasteiger charge is -2.15. The highest BCUT2D eigenvalue weighted by molar-refractivity contribution is 5.92.